The summed E-state index contributed by atoms with van der Waals surface area (Å²) in [5, 5.41) is 0. The minimum absolute atomic E-state index is 0.250. The Morgan fingerprint density at radius 3 is 1.72 bits per heavy atom. The zero-order valence-corrected chi connectivity index (χ0v) is 26.5. The van der Waals surface area contributed by atoms with E-state index in [1.807, 2.05) is 0 Å². The van der Waals surface area contributed by atoms with Crippen LogP contribution in [0.5, 0.6) is 28.7 Å². The molecular weight excluding hydrogens is 608 g/mol. The predicted molar refractivity (Wildman–Crippen MR) is 172 cm³/mol. The number of carbonyl (C=O) groups is 4. The van der Waals surface area contributed by atoms with Crippen molar-refractivity contribution in [2.75, 3.05) is 33.5 Å². The first-order valence-corrected chi connectivity index (χ1v) is 14.9. The summed E-state index contributed by atoms with van der Waals surface area (Å²) in [6.07, 6.45) is 4.84. The van der Waals surface area contributed by atoms with Crippen LogP contribution in [0.15, 0.2) is 86.0 Å². The molecule has 248 valence electrons. The van der Waals surface area contributed by atoms with Gasteiger partial charge in [-0.05, 0) is 98.8 Å². The van der Waals surface area contributed by atoms with Crippen molar-refractivity contribution in [1.82, 2.24) is 0 Å². The molecular formula is C36H38O11. The molecule has 0 aliphatic carbocycles. The normalized spacial score (nSPS) is 10.3. The summed E-state index contributed by atoms with van der Waals surface area (Å²) >= 11 is 0. The van der Waals surface area contributed by atoms with Gasteiger partial charge in [0, 0.05) is 12.2 Å². The van der Waals surface area contributed by atoms with E-state index < -0.39 is 23.9 Å². The number of hydrogen-bond acceptors (Lipinski definition) is 11. The summed E-state index contributed by atoms with van der Waals surface area (Å²) < 4.78 is 37.7. The average molecular weight is 647 g/mol. The molecule has 47 heavy (non-hydrogen) atoms. The van der Waals surface area contributed by atoms with E-state index in [2.05, 4.69) is 13.2 Å². The lowest BCUT2D eigenvalue weighted by Gasteiger charge is -2.13. The fourth-order valence-corrected chi connectivity index (χ4v) is 3.97. The zero-order valence-electron chi connectivity index (χ0n) is 26.5. The summed E-state index contributed by atoms with van der Waals surface area (Å²) in [4.78, 5) is 47.7. The van der Waals surface area contributed by atoms with Gasteiger partial charge in [-0.2, -0.15) is 0 Å². The number of carbonyl (C=O) groups excluding carboxylic acids is 4. The number of unbranched alkanes of at least 4 members (excludes halogenated alkanes) is 2. The second-order valence-corrected chi connectivity index (χ2v) is 9.95. The third kappa shape index (κ3) is 12.0. The second kappa shape index (κ2) is 19.1. The number of aryl methyl sites for hydroxylation is 1. The minimum atomic E-state index is -0.610. The van der Waals surface area contributed by atoms with Gasteiger partial charge in [0.15, 0.2) is 11.5 Å². The Morgan fingerprint density at radius 1 is 0.596 bits per heavy atom. The Hall–Kier alpha value is -5.58. The fourth-order valence-electron chi connectivity index (χ4n) is 3.97. The van der Waals surface area contributed by atoms with Gasteiger partial charge in [-0.3, -0.25) is 0 Å². The first-order valence-electron chi connectivity index (χ1n) is 14.9. The van der Waals surface area contributed by atoms with Crippen LogP contribution in [0.1, 0.15) is 52.0 Å². The molecule has 0 N–H and O–H groups in total. The van der Waals surface area contributed by atoms with Gasteiger partial charge in [0.25, 0.3) is 0 Å². The molecule has 11 heteroatoms. The molecule has 0 aromatic heterocycles. The highest BCUT2D eigenvalue weighted by molar-refractivity contribution is 5.92. The Morgan fingerprint density at radius 2 is 1.13 bits per heavy atom. The Balaban J connectivity index is 1.47. The Labute approximate surface area is 273 Å². The Bertz CT molecular complexity index is 1540. The molecule has 0 radical (unpaired) electrons. The third-order valence-corrected chi connectivity index (χ3v) is 6.47. The van der Waals surface area contributed by atoms with Crippen molar-refractivity contribution in [3.63, 3.8) is 0 Å². The maximum Gasteiger partial charge on any atom is 0.343 e. The first-order chi connectivity index (χ1) is 22.7. The van der Waals surface area contributed by atoms with Crippen LogP contribution < -0.4 is 23.7 Å². The summed E-state index contributed by atoms with van der Waals surface area (Å²) in [5.41, 5.74) is 1.17. The van der Waals surface area contributed by atoms with Gasteiger partial charge in [0.05, 0.1) is 44.7 Å². The van der Waals surface area contributed by atoms with Crippen LogP contribution in [0.2, 0.25) is 0 Å². The summed E-state index contributed by atoms with van der Waals surface area (Å²) in [6.45, 7) is 9.77. The van der Waals surface area contributed by atoms with E-state index >= 15 is 0 Å². The monoisotopic (exact) mass is 646 g/mol. The van der Waals surface area contributed by atoms with Crippen LogP contribution in [-0.2, 0) is 19.1 Å². The maximum atomic E-state index is 12.9. The number of benzene rings is 3. The fraction of sp³-hybridized carbons (Fsp3) is 0.278. The molecule has 0 saturated carbocycles. The molecule has 0 amide bonds. The largest absolute Gasteiger partial charge is 0.494 e. The molecule has 0 heterocycles. The van der Waals surface area contributed by atoms with Crippen molar-refractivity contribution < 1.29 is 52.3 Å². The van der Waals surface area contributed by atoms with E-state index in [1.54, 1.807) is 55.5 Å². The highest BCUT2D eigenvalue weighted by Gasteiger charge is 2.16. The average Bonchev–Trinajstić information content (AvgIpc) is 3.08. The van der Waals surface area contributed by atoms with Crippen LogP contribution in [0.3, 0.4) is 0 Å². The van der Waals surface area contributed by atoms with Crippen molar-refractivity contribution in [3.8, 4) is 28.7 Å². The highest BCUT2D eigenvalue weighted by Crippen LogP contribution is 2.30. The van der Waals surface area contributed by atoms with Gasteiger partial charge >= 0.3 is 23.9 Å². The molecule has 0 spiro atoms. The van der Waals surface area contributed by atoms with Crippen molar-refractivity contribution in [3.05, 3.63) is 103 Å². The smallest absolute Gasteiger partial charge is 0.343 e. The van der Waals surface area contributed by atoms with Gasteiger partial charge < -0.3 is 33.2 Å². The summed E-state index contributed by atoms with van der Waals surface area (Å²) in [7, 11) is 1.47. The molecule has 0 bridgehead atoms. The van der Waals surface area contributed by atoms with Crippen molar-refractivity contribution in [1.29, 1.82) is 0 Å². The van der Waals surface area contributed by atoms with Crippen LogP contribution in [0.25, 0.3) is 0 Å². The molecule has 0 aliphatic rings. The highest BCUT2D eigenvalue weighted by atomic mass is 16.5. The number of esters is 4. The minimum Gasteiger partial charge on any atom is -0.494 e. The van der Waals surface area contributed by atoms with E-state index in [4.69, 9.17) is 33.2 Å². The van der Waals surface area contributed by atoms with Gasteiger partial charge in [-0.15, -0.1) is 0 Å². The number of rotatable bonds is 19. The lowest BCUT2D eigenvalue weighted by atomic mass is 10.2. The topological polar surface area (TPSA) is 133 Å². The summed E-state index contributed by atoms with van der Waals surface area (Å²) in [5.74, 6) is -0.0981. The quantitative estimate of drug-likeness (QED) is 0.0636. The lowest BCUT2D eigenvalue weighted by Crippen LogP contribution is -2.11. The van der Waals surface area contributed by atoms with E-state index in [-0.39, 0.29) is 17.9 Å². The molecule has 0 atom stereocenters. The standard InChI is InChI=1S/C36H38O11/c1-5-33(37)44-21-9-7-19-42-28-14-11-26(12-15-28)35(39)47-30-18-16-29(23-25(30)3)46-36(40)27-13-17-31(32(24-27)41-4)43-20-8-10-22-45-34(38)6-2/h5-6,11-18,23-24H,1-2,7-10,19-22H2,3-4H3. The lowest BCUT2D eigenvalue weighted by molar-refractivity contribution is -0.138. The number of ether oxygens (including phenoxy) is 7. The maximum absolute atomic E-state index is 12.9. The van der Waals surface area contributed by atoms with Crippen molar-refractivity contribution in [2.24, 2.45) is 0 Å². The first kappa shape index (κ1) is 35.9. The van der Waals surface area contributed by atoms with Gasteiger partial charge in [0.1, 0.15) is 17.2 Å². The molecule has 3 aromatic carbocycles. The van der Waals surface area contributed by atoms with Crippen LogP contribution >= 0.6 is 0 Å². The van der Waals surface area contributed by atoms with Crippen molar-refractivity contribution >= 4 is 23.9 Å². The number of methoxy groups -OCH3 is 1. The van der Waals surface area contributed by atoms with Gasteiger partial charge in [0.2, 0.25) is 0 Å². The van der Waals surface area contributed by atoms with E-state index in [9.17, 15) is 19.2 Å². The van der Waals surface area contributed by atoms with Crippen LogP contribution in [0.4, 0.5) is 0 Å². The van der Waals surface area contributed by atoms with E-state index in [0.717, 1.165) is 12.2 Å². The molecule has 3 rings (SSSR count). The van der Waals surface area contributed by atoms with Crippen LogP contribution in [-0.4, -0.2) is 57.4 Å². The second-order valence-electron chi connectivity index (χ2n) is 9.95. The van der Waals surface area contributed by atoms with Gasteiger partial charge in [-0.25, -0.2) is 19.2 Å². The molecule has 0 saturated heterocycles. The molecule has 0 unspecified atom stereocenters. The van der Waals surface area contributed by atoms with Crippen LogP contribution in [0, 0.1) is 6.92 Å². The predicted octanol–water partition coefficient (Wildman–Crippen LogP) is 6.22. The summed E-state index contributed by atoms with van der Waals surface area (Å²) in [6, 6.07) is 15.9. The Kier molecular flexibility index (Phi) is 14.5. The zero-order chi connectivity index (χ0) is 34.0. The van der Waals surface area contributed by atoms with Gasteiger partial charge in [-0.1, -0.05) is 13.2 Å². The number of hydrogen-bond donors (Lipinski definition) is 0. The SMILES string of the molecule is C=CC(=O)OCCCCOc1ccc(C(=O)Oc2ccc(OC(=O)c3ccc(OCCCCOC(=O)C=C)c(OC)c3)cc2C)cc1. The van der Waals surface area contributed by atoms with E-state index in [1.165, 1.54) is 19.2 Å². The molecule has 0 fully saturated rings. The molecule has 11 nitrogen and oxygen atoms in total. The molecule has 0 aliphatic heterocycles. The third-order valence-electron chi connectivity index (χ3n) is 6.47. The molecule has 3 aromatic rings. The van der Waals surface area contributed by atoms with Crippen molar-refractivity contribution in [2.45, 2.75) is 32.6 Å². The van der Waals surface area contributed by atoms with E-state index in [0.29, 0.717) is 79.6 Å².